The van der Waals surface area contributed by atoms with Crippen molar-refractivity contribution in [3.05, 3.63) is 12.2 Å². The quantitative estimate of drug-likeness (QED) is 0.381. The lowest BCUT2D eigenvalue weighted by Crippen LogP contribution is -1.94. The third-order valence-corrected chi connectivity index (χ3v) is 1.22. The van der Waals surface area contributed by atoms with Crippen LogP contribution in [0.3, 0.4) is 0 Å². The number of esters is 1. The zero-order chi connectivity index (χ0) is 9.40. The van der Waals surface area contributed by atoms with Crippen molar-refractivity contribution in [2.45, 2.75) is 19.3 Å². The Hall–Kier alpha value is -1.32. The summed E-state index contributed by atoms with van der Waals surface area (Å²) >= 11 is 0. The van der Waals surface area contributed by atoms with E-state index in [1.807, 2.05) is 0 Å². The Balaban J connectivity index is 3.36. The number of unbranched alkanes of at least 4 members (excludes halogenated alkanes) is 1. The fourth-order valence-electron chi connectivity index (χ4n) is 0.619. The summed E-state index contributed by atoms with van der Waals surface area (Å²) < 4.78 is 4.34. The summed E-state index contributed by atoms with van der Waals surface area (Å²) in [5, 5.41) is 8.25. The maximum atomic E-state index is 10.5. The molecule has 0 unspecified atom stereocenters. The summed E-state index contributed by atoms with van der Waals surface area (Å²) in [6.45, 7) is 0. The van der Waals surface area contributed by atoms with Gasteiger partial charge in [-0.1, -0.05) is 6.08 Å². The zero-order valence-electron chi connectivity index (χ0n) is 6.95. The molecule has 0 bridgehead atoms. The Morgan fingerprint density at radius 3 is 2.67 bits per heavy atom. The maximum Gasteiger partial charge on any atom is 0.330 e. The van der Waals surface area contributed by atoms with Crippen molar-refractivity contribution in [2.75, 3.05) is 7.11 Å². The van der Waals surface area contributed by atoms with Gasteiger partial charge in [0.2, 0.25) is 0 Å². The van der Waals surface area contributed by atoms with Crippen LogP contribution in [0.4, 0.5) is 0 Å². The molecule has 0 aliphatic carbocycles. The summed E-state index contributed by atoms with van der Waals surface area (Å²) in [7, 11) is 1.30. The molecule has 0 heterocycles. The minimum Gasteiger partial charge on any atom is -0.481 e. The number of rotatable bonds is 5. The average Bonchev–Trinajstić information content (AvgIpc) is 2.03. The van der Waals surface area contributed by atoms with Gasteiger partial charge < -0.3 is 9.84 Å². The number of carbonyl (C=O) groups excluding carboxylic acids is 1. The molecule has 0 aromatic carbocycles. The van der Waals surface area contributed by atoms with Crippen LogP contribution in [-0.2, 0) is 14.3 Å². The van der Waals surface area contributed by atoms with Crippen LogP contribution >= 0.6 is 0 Å². The van der Waals surface area contributed by atoms with Crippen LogP contribution in [0, 0.1) is 0 Å². The highest BCUT2D eigenvalue weighted by Crippen LogP contribution is 1.96. The highest BCUT2D eigenvalue weighted by Gasteiger charge is 1.94. The molecule has 12 heavy (non-hydrogen) atoms. The normalized spacial score (nSPS) is 10.1. The molecule has 0 fully saturated rings. The van der Waals surface area contributed by atoms with Crippen molar-refractivity contribution in [2.24, 2.45) is 0 Å². The Morgan fingerprint density at radius 2 is 2.17 bits per heavy atom. The highest BCUT2D eigenvalue weighted by atomic mass is 16.5. The molecule has 0 aromatic rings. The summed E-state index contributed by atoms with van der Waals surface area (Å²) in [6.07, 6.45) is 4.16. The largest absolute Gasteiger partial charge is 0.481 e. The minimum atomic E-state index is -0.818. The van der Waals surface area contributed by atoms with Gasteiger partial charge in [-0.15, -0.1) is 0 Å². The van der Waals surface area contributed by atoms with E-state index in [-0.39, 0.29) is 6.42 Å². The summed E-state index contributed by atoms with van der Waals surface area (Å²) in [4.78, 5) is 20.5. The molecular formula is C8H12O4. The SMILES string of the molecule is COC(=O)/C=C/CCCC(=O)O. The van der Waals surface area contributed by atoms with Gasteiger partial charge in [0.15, 0.2) is 0 Å². The number of carboxylic acid groups (broad SMARTS) is 1. The summed E-state index contributed by atoms with van der Waals surface area (Å²) in [6, 6.07) is 0. The lowest BCUT2D eigenvalue weighted by Gasteiger charge is -1.90. The van der Waals surface area contributed by atoms with Crippen LogP contribution in [0.25, 0.3) is 0 Å². The molecule has 0 saturated heterocycles. The number of methoxy groups -OCH3 is 1. The van der Waals surface area contributed by atoms with E-state index in [1.165, 1.54) is 13.2 Å². The molecule has 0 aliphatic heterocycles. The number of allylic oxidation sites excluding steroid dienone is 1. The van der Waals surface area contributed by atoms with Gasteiger partial charge in [-0.3, -0.25) is 4.79 Å². The van der Waals surface area contributed by atoms with Crippen molar-refractivity contribution >= 4 is 11.9 Å². The molecule has 4 nitrogen and oxygen atoms in total. The third-order valence-electron chi connectivity index (χ3n) is 1.22. The van der Waals surface area contributed by atoms with Gasteiger partial charge in [-0.2, -0.15) is 0 Å². The van der Waals surface area contributed by atoms with Crippen molar-refractivity contribution in [1.29, 1.82) is 0 Å². The monoisotopic (exact) mass is 172 g/mol. The first kappa shape index (κ1) is 10.7. The van der Waals surface area contributed by atoms with E-state index >= 15 is 0 Å². The van der Waals surface area contributed by atoms with Crippen LogP contribution in [0.15, 0.2) is 12.2 Å². The predicted molar refractivity (Wildman–Crippen MR) is 42.6 cm³/mol. The molecule has 0 aliphatic rings. The van der Waals surface area contributed by atoms with Crippen LogP contribution in [0.2, 0.25) is 0 Å². The number of carboxylic acids is 1. The van der Waals surface area contributed by atoms with E-state index in [4.69, 9.17) is 5.11 Å². The number of carbonyl (C=O) groups is 2. The Kier molecular flexibility index (Phi) is 5.69. The van der Waals surface area contributed by atoms with Gasteiger partial charge in [0, 0.05) is 12.5 Å². The van der Waals surface area contributed by atoms with E-state index in [2.05, 4.69) is 4.74 Å². The number of hydrogen-bond acceptors (Lipinski definition) is 3. The number of ether oxygens (including phenoxy) is 1. The van der Waals surface area contributed by atoms with E-state index in [0.717, 1.165) is 0 Å². The zero-order valence-corrected chi connectivity index (χ0v) is 6.95. The van der Waals surface area contributed by atoms with Gasteiger partial charge in [0.05, 0.1) is 7.11 Å². The van der Waals surface area contributed by atoms with Gasteiger partial charge in [0.25, 0.3) is 0 Å². The molecule has 0 aromatic heterocycles. The highest BCUT2D eigenvalue weighted by molar-refractivity contribution is 5.81. The van der Waals surface area contributed by atoms with E-state index < -0.39 is 11.9 Å². The minimum absolute atomic E-state index is 0.130. The van der Waals surface area contributed by atoms with Crippen molar-refractivity contribution < 1.29 is 19.4 Å². The maximum absolute atomic E-state index is 10.5. The van der Waals surface area contributed by atoms with E-state index in [1.54, 1.807) is 6.08 Å². The van der Waals surface area contributed by atoms with Crippen LogP contribution in [0.1, 0.15) is 19.3 Å². The predicted octanol–water partition coefficient (Wildman–Crippen LogP) is 0.970. The summed E-state index contributed by atoms with van der Waals surface area (Å²) in [5.74, 6) is -1.23. The first-order chi connectivity index (χ1) is 5.66. The van der Waals surface area contributed by atoms with Gasteiger partial charge in [0.1, 0.15) is 0 Å². The van der Waals surface area contributed by atoms with Gasteiger partial charge in [-0.05, 0) is 12.8 Å². The second-order valence-corrected chi connectivity index (χ2v) is 2.21. The smallest absolute Gasteiger partial charge is 0.330 e. The molecule has 0 atom stereocenters. The average molecular weight is 172 g/mol. The van der Waals surface area contributed by atoms with E-state index in [9.17, 15) is 9.59 Å². The standard InChI is InChI=1S/C8H12O4/c1-12-8(11)6-4-2-3-5-7(9)10/h4,6H,2-3,5H2,1H3,(H,9,10)/b6-4+. The number of hydrogen-bond donors (Lipinski definition) is 1. The van der Waals surface area contributed by atoms with Crippen molar-refractivity contribution in [1.82, 2.24) is 0 Å². The summed E-state index contributed by atoms with van der Waals surface area (Å²) in [5.41, 5.74) is 0. The molecule has 4 heteroatoms. The first-order valence-electron chi connectivity index (χ1n) is 3.63. The van der Waals surface area contributed by atoms with Crippen molar-refractivity contribution in [3.63, 3.8) is 0 Å². The molecule has 0 amide bonds. The van der Waals surface area contributed by atoms with Crippen LogP contribution < -0.4 is 0 Å². The second-order valence-electron chi connectivity index (χ2n) is 2.21. The Bertz CT molecular complexity index is 183. The van der Waals surface area contributed by atoms with Gasteiger partial charge in [-0.25, -0.2) is 4.79 Å². The lowest BCUT2D eigenvalue weighted by molar-refractivity contribution is -0.137. The number of aliphatic carboxylic acids is 1. The third kappa shape index (κ3) is 6.80. The molecule has 68 valence electrons. The Morgan fingerprint density at radius 1 is 1.50 bits per heavy atom. The van der Waals surface area contributed by atoms with Crippen LogP contribution in [0.5, 0.6) is 0 Å². The fraction of sp³-hybridized carbons (Fsp3) is 0.500. The van der Waals surface area contributed by atoms with Gasteiger partial charge >= 0.3 is 11.9 Å². The first-order valence-corrected chi connectivity index (χ1v) is 3.63. The van der Waals surface area contributed by atoms with Crippen molar-refractivity contribution in [3.8, 4) is 0 Å². The van der Waals surface area contributed by atoms with Crippen LogP contribution in [-0.4, -0.2) is 24.2 Å². The topological polar surface area (TPSA) is 63.6 Å². The fourth-order valence-corrected chi connectivity index (χ4v) is 0.619. The lowest BCUT2D eigenvalue weighted by atomic mass is 10.2. The Labute approximate surface area is 70.8 Å². The molecular weight excluding hydrogens is 160 g/mol. The molecule has 0 spiro atoms. The molecule has 1 N–H and O–H groups in total. The molecule has 0 radical (unpaired) electrons. The van der Waals surface area contributed by atoms with E-state index in [0.29, 0.717) is 12.8 Å². The molecule has 0 saturated carbocycles. The molecule has 0 rings (SSSR count). The second kappa shape index (κ2) is 6.39.